The van der Waals surface area contributed by atoms with Crippen LogP contribution >= 0.6 is 0 Å². The molecule has 0 saturated carbocycles. The summed E-state index contributed by atoms with van der Waals surface area (Å²) in [6.45, 7) is 5.05. The molecule has 2 atom stereocenters. The van der Waals surface area contributed by atoms with Gasteiger partial charge in [-0.1, -0.05) is 67.1 Å². The van der Waals surface area contributed by atoms with Gasteiger partial charge < -0.3 is 15.0 Å². The number of ether oxygens (including phenoxy) is 1. The van der Waals surface area contributed by atoms with Gasteiger partial charge >= 0.3 is 0 Å². The van der Waals surface area contributed by atoms with Gasteiger partial charge in [-0.15, -0.1) is 0 Å². The molecule has 0 saturated heterocycles. The Balaban J connectivity index is 1.81. The Morgan fingerprint density at radius 1 is 0.891 bits per heavy atom. The number of hydrogen-bond donors (Lipinski definition) is 1. The van der Waals surface area contributed by atoms with E-state index in [-0.39, 0.29) is 35.5 Å². The van der Waals surface area contributed by atoms with Crippen molar-refractivity contribution in [3.63, 3.8) is 0 Å². The van der Waals surface area contributed by atoms with Gasteiger partial charge in [0.1, 0.15) is 24.2 Å². The van der Waals surface area contributed by atoms with Crippen LogP contribution in [0, 0.1) is 12.7 Å². The second kappa shape index (κ2) is 15.5. The lowest BCUT2D eigenvalue weighted by Gasteiger charge is -2.34. The van der Waals surface area contributed by atoms with Gasteiger partial charge in [0.15, 0.2) is 0 Å². The molecule has 2 unspecified atom stereocenters. The van der Waals surface area contributed by atoms with E-state index in [0.29, 0.717) is 17.7 Å². The summed E-state index contributed by atoms with van der Waals surface area (Å²) >= 11 is 0. The number of rotatable bonds is 14. The molecule has 0 aromatic heterocycles. The average molecular weight is 646 g/mol. The van der Waals surface area contributed by atoms with Crippen LogP contribution in [0.25, 0.3) is 0 Å². The molecule has 0 aliphatic carbocycles. The molecule has 1 N–H and O–H groups in total. The van der Waals surface area contributed by atoms with Gasteiger partial charge in [-0.3, -0.25) is 13.9 Å². The second-order valence-electron chi connectivity index (χ2n) is 11.2. The molecule has 10 heteroatoms. The average Bonchev–Trinajstić information content (AvgIpc) is 3.06. The van der Waals surface area contributed by atoms with Crippen LogP contribution in [0.15, 0.2) is 108 Å². The molecule has 0 fully saturated rings. The Morgan fingerprint density at radius 3 is 2.17 bits per heavy atom. The minimum Gasteiger partial charge on any atom is -0.497 e. The highest BCUT2D eigenvalue weighted by Crippen LogP contribution is 2.26. The van der Waals surface area contributed by atoms with E-state index >= 15 is 0 Å². The van der Waals surface area contributed by atoms with Crippen LogP contribution in [-0.4, -0.2) is 50.9 Å². The van der Waals surface area contributed by atoms with Crippen molar-refractivity contribution in [3.8, 4) is 5.75 Å². The van der Waals surface area contributed by atoms with E-state index in [1.165, 1.54) is 36.3 Å². The first-order valence-electron chi connectivity index (χ1n) is 15.1. The lowest BCUT2D eigenvalue weighted by molar-refractivity contribution is -0.140. The smallest absolute Gasteiger partial charge is 0.264 e. The number of halogens is 1. The Morgan fingerprint density at radius 2 is 1.54 bits per heavy atom. The van der Waals surface area contributed by atoms with Crippen LogP contribution in [0.2, 0.25) is 0 Å². The summed E-state index contributed by atoms with van der Waals surface area (Å²) in [5.74, 6) is -0.942. The fourth-order valence-corrected chi connectivity index (χ4v) is 6.35. The highest BCUT2D eigenvalue weighted by Gasteiger charge is 2.35. The van der Waals surface area contributed by atoms with E-state index in [0.717, 1.165) is 27.6 Å². The summed E-state index contributed by atoms with van der Waals surface area (Å²) in [6, 6.07) is 26.6. The van der Waals surface area contributed by atoms with E-state index in [1.807, 2.05) is 57.2 Å². The van der Waals surface area contributed by atoms with Crippen LogP contribution in [0.4, 0.5) is 10.1 Å². The van der Waals surface area contributed by atoms with Crippen molar-refractivity contribution in [2.45, 2.75) is 57.1 Å². The molecular weight excluding hydrogens is 605 g/mol. The summed E-state index contributed by atoms with van der Waals surface area (Å²) in [4.78, 5) is 29.8. The van der Waals surface area contributed by atoms with E-state index < -0.39 is 34.3 Å². The molecule has 46 heavy (non-hydrogen) atoms. The van der Waals surface area contributed by atoms with E-state index in [9.17, 15) is 22.4 Å². The lowest BCUT2D eigenvalue weighted by atomic mass is 10.0. The van der Waals surface area contributed by atoms with Crippen LogP contribution in [0.1, 0.15) is 37.0 Å². The first kappa shape index (κ1) is 34.2. The maximum absolute atomic E-state index is 14.5. The molecule has 4 aromatic carbocycles. The molecule has 242 valence electrons. The van der Waals surface area contributed by atoms with E-state index in [2.05, 4.69) is 5.32 Å². The third-order valence-corrected chi connectivity index (χ3v) is 9.55. The van der Waals surface area contributed by atoms with E-state index in [1.54, 1.807) is 30.3 Å². The molecule has 0 bridgehead atoms. The van der Waals surface area contributed by atoms with Crippen molar-refractivity contribution in [1.82, 2.24) is 10.2 Å². The van der Waals surface area contributed by atoms with Crippen LogP contribution in [0.3, 0.4) is 0 Å². The van der Waals surface area contributed by atoms with Crippen LogP contribution < -0.4 is 14.4 Å². The highest BCUT2D eigenvalue weighted by molar-refractivity contribution is 7.92. The van der Waals surface area contributed by atoms with Gasteiger partial charge in [0, 0.05) is 19.0 Å². The maximum atomic E-state index is 14.5. The van der Waals surface area contributed by atoms with Crippen molar-refractivity contribution in [3.05, 3.63) is 126 Å². The monoisotopic (exact) mass is 645 g/mol. The number of amides is 2. The predicted molar refractivity (Wildman–Crippen MR) is 177 cm³/mol. The fourth-order valence-electron chi connectivity index (χ4n) is 4.94. The summed E-state index contributed by atoms with van der Waals surface area (Å²) in [5, 5.41) is 3.02. The maximum Gasteiger partial charge on any atom is 0.264 e. The van der Waals surface area contributed by atoms with Gasteiger partial charge in [0.25, 0.3) is 10.0 Å². The van der Waals surface area contributed by atoms with Crippen molar-refractivity contribution in [1.29, 1.82) is 0 Å². The Bertz CT molecular complexity index is 1720. The standard InChI is InChI=1S/C36H40FN3O5S/c1-5-27(3)38-36(42)34(23-28-10-7-6-8-11-28)39(24-29-12-9-13-32(22-29)45-4)35(41)25-40(31-18-16-30(37)17-19-31)46(43,44)33-20-14-26(2)15-21-33/h6-22,27,34H,5,23-25H2,1-4H3,(H,38,42). The number of anilines is 1. The molecule has 0 heterocycles. The molecule has 0 aliphatic rings. The number of aryl methyl sites for hydroxylation is 1. The molecule has 2 amide bonds. The van der Waals surface area contributed by atoms with Crippen LogP contribution in [0.5, 0.6) is 5.75 Å². The first-order valence-corrected chi connectivity index (χ1v) is 16.6. The second-order valence-corrected chi connectivity index (χ2v) is 13.1. The summed E-state index contributed by atoms with van der Waals surface area (Å²) < 4.78 is 48.5. The molecule has 8 nitrogen and oxygen atoms in total. The van der Waals surface area contributed by atoms with Crippen molar-refractivity contribution >= 4 is 27.5 Å². The number of sulfonamides is 1. The number of methoxy groups -OCH3 is 1. The number of nitrogens with one attached hydrogen (secondary N) is 1. The Hall–Kier alpha value is -4.70. The quantitative estimate of drug-likeness (QED) is 0.185. The highest BCUT2D eigenvalue weighted by atomic mass is 32.2. The van der Waals surface area contributed by atoms with Crippen molar-refractivity contribution in [2.75, 3.05) is 18.0 Å². The minimum atomic E-state index is -4.28. The fraction of sp³-hybridized carbons (Fsp3) is 0.278. The normalized spacial score (nSPS) is 12.5. The minimum absolute atomic E-state index is 0.00327. The number of nitrogens with zero attached hydrogens (tertiary/aromatic N) is 2. The van der Waals surface area contributed by atoms with Gasteiger partial charge in [-0.05, 0) is 79.9 Å². The van der Waals surface area contributed by atoms with Gasteiger partial charge in [0.05, 0.1) is 17.7 Å². The third-order valence-electron chi connectivity index (χ3n) is 7.76. The molecule has 0 spiro atoms. The Labute approximate surface area is 270 Å². The summed E-state index contributed by atoms with van der Waals surface area (Å²) in [6.07, 6.45) is 0.876. The van der Waals surface area contributed by atoms with Gasteiger partial charge in [0.2, 0.25) is 11.8 Å². The summed E-state index contributed by atoms with van der Waals surface area (Å²) in [7, 11) is -2.74. The predicted octanol–water partition coefficient (Wildman–Crippen LogP) is 5.89. The number of benzene rings is 4. The molecular formula is C36H40FN3O5S. The van der Waals surface area contributed by atoms with Gasteiger partial charge in [-0.25, -0.2) is 12.8 Å². The van der Waals surface area contributed by atoms with E-state index in [4.69, 9.17) is 4.74 Å². The SMILES string of the molecule is CCC(C)NC(=O)C(Cc1ccccc1)N(Cc1cccc(OC)c1)C(=O)CN(c1ccc(F)cc1)S(=O)(=O)c1ccc(C)cc1. The zero-order valence-corrected chi connectivity index (χ0v) is 27.3. The Kier molecular flexibility index (Phi) is 11.5. The third kappa shape index (κ3) is 8.72. The molecule has 0 radical (unpaired) electrons. The molecule has 4 aromatic rings. The van der Waals surface area contributed by atoms with Crippen molar-refractivity contribution in [2.24, 2.45) is 0 Å². The molecule has 4 rings (SSSR count). The molecule has 0 aliphatic heterocycles. The number of carbonyl (C=O) groups is 2. The van der Waals surface area contributed by atoms with Crippen LogP contribution in [-0.2, 0) is 32.6 Å². The topological polar surface area (TPSA) is 96.0 Å². The number of carbonyl (C=O) groups excluding carboxylic acids is 2. The van der Waals surface area contributed by atoms with Crippen molar-refractivity contribution < 1.29 is 27.1 Å². The zero-order valence-electron chi connectivity index (χ0n) is 26.5. The summed E-state index contributed by atoms with van der Waals surface area (Å²) in [5.41, 5.74) is 2.50. The number of hydrogen-bond acceptors (Lipinski definition) is 5. The first-order chi connectivity index (χ1) is 22.0. The van der Waals surface area contributed by atoms with Gasteiger partial charge in [-0.2, -0.15) is 0 Å². The zero-order chi connectivity index (χ0) is 33.3. The largest absolute Gasteiger partial charge is 0.497 e. The lowest BCUT2D eigenvalue weighted by Crippen LogP contribution is -2.54.